The lowest BCUT2D eigenvalue weighted by Crippen LogP contribution is -2.43. The fourth-order valence-electron chi connectivity index (χ4n) is 1.47. The molecule has 0 bridgehead atoms. The number of halogens is 1. The third-order valence-electron chi connectivity index (χ3n) is 2.30. The third-order valence-corrected chi connectivity index (χ3v) is 2.30. The van der Waals surface area contributed by atoms with Gasteiger partial charge >= 0.3 is 0 Å². The molecule has 5 heteroatoms. The predicted octanol–water partition coefficient (Wildman–Crippen LogP) is 0.00430. The summed E-state index contributed by atoms with van der Waals surface area (Å²) in [5.41, 5.74) is 5.25. The molecular formula is C8H17ClN2O2. The highest BCUT2D eigenvalue weighted by molar-refractivity contribution is 5.85. The maximum Gasteiger partial charge on any atom is 0.236 e. The van der Waals surface area contributed by atoms with E-state index in [0.29, 0.717) is 6.10 Å². The van der Waals surface area contributed by atoms with E-state index in [1.54, 1.807) is 12.0 Å². The van der Waals surface area contributed by atoms with Gasteiger partial charge in [-0.1, -0.05) is 0 Å². The van der Waals surface area contributed by atoms with E-state index >= 15 is 0 Å². The van der Waals surface area contributed by atoms with Crippen LogP contribution >= 0.6 is 12.4 Å². The van der Waals surface area contributed by atoms with Crippen molar-refractivity contribution >= 4 is 18.3 Å². The second-order valence-corrected chi connectivity index (χ2v) is 3.02. The number of hydrogen-bond donors (Lipinski definition) is 1. The highest BCUT2D eigenvalue weighted by Gasteiger charge is 2.20. The first-order valence-electron chi connectivity index (χ1n) is 4.28. The van der Waals surface area contributed by atoms with Gasteiger partial charge in [0.15, 0.2) is 0 Å². The van der Waals surface area contributed by atoms with Crippen LogP contribution in [0, 0.1) is 0 Å². The zero-order chi connectivity index (χ0) is 8.97. The molecule has 0 radical (unpaired) electrons. The Morgan fingerprint density at radius 2 is 2.08 bits per heavy atom. The van der Waals surface area contributed by atoms with E-state index in [4.69, 9.17) is 10.5 Å². The van der Waals surface area contributed by atoms with Crippen LogP contribution in [0.15, 0.2) is 0 Å². The molecule has 1 amide bonds. The summed E-state index contributed by atoms with van der Waals surface area (Å²) in [5, 5.41) is 0. The monoisotopic (exact) mass is 208 g/mol. The van der Waals surface area contributed by atoms with E-state index in [1.807, 2.05) is 0 Å². The summed E-state index contributed by atoms with van der Waals surface area (Å²) >= 11 is 0. The number of piperidine rings is 1. The molecule has 0 saturated carbocycles. The van der Waals surface area contributed by atoms with Crippen molar-refractivity contribution in [1.29, 1.82) is 0 Å². The van der Waals surface area contributed by atoms with Gasteiger partial charge in [-0.2, -0.15) is 0 Å². The first-order chi connectivity index (χ1) is 5.77. The molecule has 1 rings (SSSR count). The Labute approximate surface area is 84.8 Å². The zero-order valence-corrected chi connectivity index (χ0v) is 8.68. The maximum absolute atomic E-state index is 11.1. The van der Waals surface area contributed by atoms with Gasteiger partial charge in [-0.15, -0.1) is 12.4 Å². The molecule has 0 aliphatic carbocycles. The molecule has 1 saturated heterocycles. The topological polar surface area (TPSA) is 55.6 Å². The van der Waals surface area contributed by atoms with E-state index in [2.05, 4.69) is 0 Å². The normalized spacial score (nSPS) is 18.2. The number of hydrogen-bond acceptors (Lipinski definition) is 3. The van der Waals surface area contributed by atoms with E-state index in [1.165, 1.54) is 0 Å². The van der Waals surface area contributed by atoms with Gasteiger partial charge in [0.2, 0.25) is 5.91 Å². The van der Waals surface area contributed by atoms with Gasteiger partial charge in [0.05, 0.1) is 12.6 Å². The van der Waals surface area contributed by atoms with Gasteiger partial charge in [-0.05, 0) is 12.8 Å². The smallest absolute Gasteiger partial charge is 0.236 e. The standard InChI is InChI=1S/C8H16N2O2.ClH/c1-12-7-2-4-10(5-3-7)8(11)6-9;/h7H,2-6,9H2,1H3;1H. The molecular weight excluding hydrogens is 192 g/mol. The molecule has 13 heavy (non-hydrogen) atoms. The number of nitrogens with two attached hydrogens (primary N) is 1. The fraction of sp³-hybridized carbons (Fsp3) is 0.875. The molecule has 0 aromatic carbocycles. The summed E-state index contributed by atoms with van der Waals surface area (Å²) in [6.07, 6.45) is 2.19. The van der Waals surface area contributed by atoms with Crippen LogP contribution in [0.5, 0.6) is 0 Å². The highest BCUT2D eigenvalue weighted by Crippen LogP contribution is 2.12. The van der Waals surface area contributed by atoms with Gasteiger partial charge in [0, 0.05) is 20.2 Å². The van der Waals surface area contributed by atoms with Crippen molar-refractivity contribution < 1.29 is 9.53 Å². The van der Waals surface area contributed by atoms with Gasteiger partial charge < -0.3 is 15.4 Å². The van der Waals surface area contributed by atoms with Crippen LogP contribution in [0.3, 0.4) is 0 Å². The summed E-state index contributed by atoms with van der Waals surface area (Å²) in [4.78, 5) is 12.9. The third kappa shape index (κ3) is 3.50. The number of methoxy groups -OCH3 is 1. The summed E-state index contributed by atoms with van der Waals surface area (Å²) < 4.78 is 5.18. The molecule has 1 heterocycles. The van der Waals surface area contributed by atoms with Gasteiger partial charge in [-0.25, -0.2) is 0 Å². The zero-order valence-electron chi connectivity index (χ0n) is 7.86. The summed E-state index contributed by atoms with van der Waals surface area (Å²) in [5.74, 6) is 0.0459. The Bertz CT molecular complexity index is 158. The van der Waals surface area contributed by atoms with Crippen molar-refractivity contribution in [1.82, 2.24) is 4.90 Å². The van der Waals surface area contributed by atoms with Crippen LogP contribution in [0.4, 0.5) is 0 Å². The minimum Gasteiger partial charge on any atom is -0.381 e. The van der Waals surface area contributed by atoms with Crippen LogP contribution in [0.1, 0.15) is 12.8 Å². The first-order valence-corrected chi connectivity index (χ1v) is 4.28. The lowest BCUT2D eigenvalue weighted by atomic mass is 10.1. The fourth-order valence-corrected chi connectivity index (χ4v) is 1.47. The minimum atomic E-state index is 0. The number of likely N-dealkylation sites (tertiary alicyclic amines) is 1. The number of rotatable bonds is 2. The van der Waals surface area contributed by atoms with E-state index in [9.17, 15) is 4.79 Å². The van der Waals surface area contributed by atoms with Crippen molar-refractivity contribution in [2.45, 2.75) is 18.9 Å². The largest absolute Gasteiger partial charge is 0.381 e. The lowest BCUT2D eigenvalue weighted by molar-refractivity contribution is -0.131. The van der Waals surface area contributed by atoms with Gasteiger partial charge in [0.25, 0.3) is 0 Å². The highest BCUT2D eigenvalue weighted by atomic mass is 35.5. The van der Waals surface area contributed by atoms with E-state index in [0.717, 1.165) is 25.9 Å². The molecule has 2 N–H and O–H groups in total. The number of nitrogens with zero attached hydrogens (tertiary/aromatic N) is 1. The van der Waals surface area contributed by atoms with Crippen molar-refractivity contribution in [3.8, 4) is 0 Å². The number of carbonyl (C=O) groups excluding carboxylic acids is 1. The van der Waals surface area contributed by atoms with Crippen molar-refractivity contribution in [2.24, 2.45) is 5.73 Å². The van der Waals surface area contributed by atoms with E-state index < -0.39 is 0 Å². The van der Waals surface area contributed by atoms with Crippen molar-refractivity contribution in [2.75, 3.05) is 26.7 Å². The molecule has 1 aliphatic heterocycles. The first kappa shape index (κ1) is 12.7. The molecule has 78 valence electrons. The molecule has 1 aliphatic rings. The molecule has 1 fully saturated rings. The van der Waals surface area contributed by atoms with Crippen molar-refractivity contribution in [3.63, 3.8) is 0 Å². The minimum absolute atomic E-state index is 0. The van der Waals surface area contributed by atoms with Crippen molar-refractivity contribution in [3.05, 3.63) is 0 Å². The Balaban J connectivity index is 0.00000144. The second-order valence-electron chi connectivity index (χ2n) is 3.02. The maximum atomic E-state index is 11.1. The van der Waals surface area contributed by atoms with Crippen LogP contribution in [-0.2, 0) is 9.53 Å². The molecule has 4 nitrogen and oxygen atoms in total. The van der Waals surface area contributed by atoms with Crippen LogP contribution in [0.25, 0.3) is 0 Å². The Hall–Kier alpha value is -0.320. The Morgan fingerprint density at radius 3 is 2.46 bits per heavy atom. The molecule has 0 aromatic heterocycles. The number of amides is 1. The number of ether oxygens (including phenoxy) is 1. The summed E-state index contributed by atoms with van der Waals surface area (Å²) in [7, 11) is 1.71. The Morgan fingerprint density at radius 1 is 1.54 bits per heavy atom. The van der Waals surface area contributed by atoms with Gasteiger partial charge in [-0.3, -0.25) is 4.79 Å². The summed E-state index contributed by atoms with van der Waals surface area (Å²) in [6, 6.07) is 0. The summed E-state index contributed by atoms with van der Waals surface area (Å²) in [6.45, 7) is 1.70. The molecule has 0 aromatic rings. The van der Waals surface area contributed by atoms with Crippen LogP contribution in [-0.4, -0.2) is 43.7 Å². The average molecular weight is 209 g/mol. The van der Waals surface area contributed by atoms with Crippen LogP contribution < -0.4 is 5.73 Å². The molecule has 0 unspecified atom stereocenters. The number of carbonyl (C=O) groups is 1. The van der Waals surface area contributed by atoms with Gasteiger partial charge in [0.1, 0.15) is 0 Å². The van der Waals surface area contributed by atoms with Crippen LogP contribution in [0.2, 0.25) is 0 Å². The lowest BCUT2D eigenvalue weighted by Gasteiger charge is -2.30. The van der Waals surface area contributed by atoms with E-state index in [-0.39, 0.29) is 24.9 Å². The molecule has 0 atom stereocenters. The average Bonchev–Trinajstić information content (AvgIpc) is 2.17. The Kier molecular flexibility index (Phi) is 6.03. The second kappa shape index (κ2) is 6.18. The quantitative estimate of drug-likeness (QED) is 0.696. The molecule has 0 spiro atoms. The SMILES string of the molecule is COC1CCN(C(=O)CN)CC1.Cl. The predicted molar refractivity (Wildman–Crippen MR) is 52.9 cm³/mol.